The lowest BCUT2D eigenvalue weighted by Gasteiger charge is -2.07. The minimum Gasteiger partial charge on any atom is -0.296 e. The zero-order valence-electron chi connectivity index (χ0n) is 10.2. The Morgan fingerprint density at radius 2 is 2.00 bits per heavy atom. The fourth-order valence-electron chi connectivity index (χ4n) is 1.61. The van der Waals surface area contributed by atoms with E-state index >= 15 is 0 Å². The molecule has 0 aliphatic heterocycles. The maximum Gasteiger partial charge on any atom is 0.220 e. The van der Waals surface area contributed by atoms with Crippen molar-refractivity contribution in [3.8, 4) is 0 Å². The third-order valence-corrected chi connectivity index (χ3v) is 2.63. The van der Waals surface area contributed by atoms with Crippen molar-refractivity contribution < 1.29 is 14.0 Å². The summed E-state index contributed by atoms with van der Waals surface area (Å²) in [5.41, 5.74) is 1.24. The van der Waals surface area contributed by atoms with Crippen LogP contribution in [0.4, 0.5) is 4.39 Å². The second-order valence-corrected chi connectivity index (χ2v) is 4.00. The third kappa shape index (κ3) is 3.48. The number of rotatable bonds is 6. The number of hydrogen-bond acceptors (Lipinski definition) is 2. The summed E-state index contributed by atoms with van der Waals surface area (Å²) in [4.78, 5) is 23.0. The van der Waals surface area contributed by atoms with Crippen LogP contribution in [0.2, 0.25) is 0 Å². The van der Waals surface area contributed by atoms with Crippen molar-refractivity contribution in [3.63, 3.8) is 0 Å². The summed E-state index contributed by atoms with van der Waals surface area (Å²) in [6, 6.07) is 6.78. The van der Waals surface area contributed by atoms with Crippen LogP contribution in [0.25, 0.3) is 0 Å². The Morgan fingerprint density at radius 1 is 1.29 bits per heavy atom. The molecule has 0 aliphatic rings. The van der Waals surface area contributed by atoms with Crippen LogP contribution in [-0.4, -0.2) is 17.7 Å². The van der Waals surface area contributed by atoms with Crippen molar-refractivity contribution in [2.45, 2.75) is 39.3 Å². The van der Waals surface area contributed by atoms with E-state index in [4.69, 9.17) is 0 Å². The summed E-state index contributed by atoms with van der Waals surface area (Å²) >= 11 is 0. The number of halogens is 1. The predicted molar refractivity (Wildman–Crippen MR) is 65.0 cm³/mol. The number of hydrogen-bond donors (Lipinski definition) is 0. The molecule has 0 saturated carbocycles. The Balaban J connectivity index is 2.84. The largest absolute Gasteiger partial charge is 0.296 e. The number of benzene rings is 1. The Labute approximate surface area is 101 Å². The number of ketones is 2. The number of aryl methyl sites for hydroxylation is 1. The average molecular weight is 236 g/mol. The van der Waals surface area contributed by atoms with Crippen molar-refractivity contribution in [2.24, 2.45) is 0 Å². The highest BCUT2D eigenvalue weighted by Crippen LogP contribution is 2.12. The second-order valence-electron chi connectivity index (χ2n) is 4.00. The minimum atomic E-state index is -2.01. The second kappa shape index (κ2) is 6.28. The molecule has 0 aromatic heterocycles. The lowest BCUT2D eigenvalue weighted by molar-refractivity contribution is -0.122. The molecule has 0 fully saturated rings. The van der Waals surface area contributed by atoms with Gasteiger partial charge in [-0.15, -0.1) is 0 Å². The lowest BCUT2D eigenvalue weighted by atomic mass is 10.00. The summed E-state index contributed by atoms with van der Waals surface area (Å²) < 4.78 is 13.6. The van der Waals surface area contributed by atoms with Crippen LogP contribution in [0.3, 0.4) is 0 Å². The molecular weight excluding hydrogens is 219 g/mol. The summed E-state index contributed by atoms with van der Waals surface area (Å²) in [7, 11) is 0. The summed E-state index contributed by atoms with van der Waals surface area (Å²) in [6.45, 7) is 3.74. The molecule has 1 aromatic rings. The number of alkyl halides is 1. The van der Waals surface area contributed by atoms with Gasteiger partial charge in [0.05, 0.1) is 0 Å². The fraction of sp³-hybridized carbons (Fsp3) is 0.429. The van der Waals surface area contributed by atoms with Crippen LogP contribution in [0.15, 0.2) is 24.3 Å². The molecule has 0 amide bonds. The van der Waals surface area contributed by atoms with E-state index in [2.05, 4.69) is 0 Å². The van der Waals surface area contributed by atoms with Gasteiger partial charge in [-0.25, -0.2) is 4.39 Å². The number of Topliss-reactive ketones (excluding diaryl/α,β-unsaturated/α-hetero) is 2. The van der Waals surface area contributed by atoms with Crippen molar-refractivity contribution in [1.29, 1.82) is 0 Å². The van der Waals surface area contributed by atoms with E-state index in [1.807, 2.05) is 13.0 Å². The van der Waals surface area contributed by atoms with E-state index < -0.39 is 17.7 Å². The third-order valence-electron chi connectivity index (χ3n) is 2.63. The number of carbonyl (C=O) groups is 2. The van der Waals surface area contributed by atoms with Crippen molar-refractivity contribution in [2.75, 3.05) is 0 Å². The first-order chi connectivity index (χ1) is 8.10. The Kier molecular flexibility index (Phi) is 5.01. The molecule has 1 aromatic carbocycles. The van der Waals surface area contributed by atoms with Crippen LogP contribution < -0.4 is 0 Å². The fourth-order valence-corrected chi connectivity index (χ4v) is 1.61. The first-order valence-electron chi connectivity index (χ1n) is 5.90. The number of carbonyl (C=O) groups excluding carboxylic acids is 2. The highest BCUT2D eigenvalue weighted by atomic mass is 19.1. The van der Waals surface area contributed by atoms with Crippen LogP contribution >= 0.6 is 0 Å². The molecule has 0 radical (unpaired) electrons. The van der Waals surface area contributed by atoms with Gasteiger partial charge in [0.15, 0.2) is 5.78 Å². The SMILES string of the molecule is CCCC(=O)C(F)C(=O)c1cccc(CC)c1. The summed E-state index contributed by atoms with van der Waals surface area (Å²) in [6.07, 6.45) is -0.565. The predicted octanol–water partition coefficient (Wildman–Crippen LogP) is 3.14. The molecule has 1 atom stereocenters. The summed E-state index contributed by atoms with van der Waals surface area (Å²) in [5.74, 6) is -1.35. The molecule has 1 rings (SSSR count). The van der Waals surface area contributed by atoms with Gasteiger partial charge in [0.25, 0.3) is 0 Å². The van der Waals surface area contributed by atoms with E-state index in [1.54, 1.807) is 25.1 Å². The molecule has 0 bridgehead atoms. The van der Waals surface area contributed by atoms with Gasteiger partial charge in [0, 0.05) is 12.0 Å². The van der Waals surface area contributed by atoms with Crippen LogP contribution in [0, 0.1) is 0 Å². The maximum atomic E-state index is 13.6. The standard InChI is InChI=1S/C14H17FO2/c1-3-6-12(16)13(15)14(17)11-8-5-7-10(4-2)9-11/h5,7-9,13H,3-4,6H2,1-2H3. The molecule has 92 valence electrons. The first-order valence-corrected chi connectivity index (χ1v) is 5.90. The smallest absolute Gasteiger partial charge is 0.220 e. The Morgan fingerprint density at radius 3 is 2.59 bits per heavy atom. The van der Waals surface area contributed by atoms with Gasteiger partial charge < -0.3 is 0 Å². The van der Waals surface area contributed by atoms with Gasteiger partial charge in [-0.05, 0) is 24.5 Å². The van der Waals surface area contributed by atoms with Crippen molar-refractivity contribution >= 4 is 11.6 Å². The van der Waals surface area contributed by atoms with Gasteiger partial charge in [-0.3, -0.25) is 9.59 Å². The van der Waals surface area contributed by atoms with Gasteiger partial charge >= 0.3 is 0 Å². The van der Waals surface area contributed by atoms with E-state index in [1.165, 1.54) is 0 Å². The summed E-state index contributed by atoms with van der Waals surface area (Å²) in [5, 5.41) is 0. The van der Waals surface area contributed by atoms with E-state index in [-0.39, 0.29) is 12.0 Å². The van der Waals surface area contributed by atoms with Gasteiger partial charge in [-0.1, -0.05) is 32.0 Å². The van der Waals surface area contributed by atoms with Crippen molar-refractivity contribution in [3.05, 3.63) is 35.4 Å². The monoisotopic (exact) mass is 236 g/mol. The first kappa shape index (κ1) is 13.6. The maximum absolute atomic E-state index is 13.6. The van der Waals surface area contributed by atoms with Gasteiger partial charge in [0.2, 0.25) is 12.0 Å². The average Bonchev–Trinajstić information content (AvgIpc) is 2.37. The minimum absolute atomic E-state index is 0.111. The quantitative estimate of drug-likeness (QED) is 0.561. The van der Waals surface area contributed by atoms with Gasteiger partial charge in [0.1, 0.15) is 0 Å². The topological polar surface area (TPSA) is 34.1 Å². The van der Waals surface area contributed by atoms with E-state index in [9.17, 15) is 14.0 Å². The molecule has 0 spiro atoms. The highest BCUT2D eigenvalue weighted by molar-refractivity contribution is 6.13. The Hall–Kier alpha value is -1.51. The molecule has 0 heterocycles. The molecule has 3 heteroatoms. The molecule has 0 N–H and O–H groups in total. The van der Waals surface area contributed by atoms with E-state index in [0.29, 0.717) is 6.42 Å². The molecule has 0 aliphatic carbocycles. The molecule has 0 saturated heterocycles. The normalized spacial score (nSPS) is 12.2. The molecule has 17 heavy (non-hydrogen) atoms. The Bertz CT molecular complexity index is 412. The van der Waals surface area contributed by atoms with Crippen molar-refractivity contribution in [1.82, 2.24) is 0 Å². The van der Waals surface area contributed by atoms with Crippen LogP contribution in [0.1, 0.15) is 42.6 Å². The lowest BCUT2D eigenvalue weighted by Crippen LogP contribution is -2.25. The van der Waals surface area contributed by atoms with Gasteiger partial charge in [-0.2, -0.15) is 0 Å². The zero-order chi connectivity index (χ0) is 12.8. The van der Waals surface area contributed by atoms with Crippen LogP contribution in [0.5, 0.6) is 0 Å². The highest BCUT2D eigenvalue weighted by Gasteiger charge is 2.26. The van der Waals surface area contributed by atoms with Crippen LogP contribution in [-0.2, 0) is 11.2 Å². The zero-order valence-corrected chi connectivity index (χ0v) is 10.2. The molecular formula is C14H17FO2. The molecule has 2 nitrogen and oxygen atoms in total. The van der Waals surface area contributed by atoms with E-state index in [0.717, 1.165) is 12.0 Å². The molecule has 1 unspecified atom stereocenters.